The Kier molecular flexibility index (Phi) is 3.43. The second kappa shape index (κ2) is 5.21. The van der Waals surface area contributed by atoms with Crippen molar-refractivity contribution in [1.29, 1.82) is 0 Å². The number of rotatable bonds is 4. The monoisotopic (exact) mass is 258 g/mol. The molecule has 1 unspecified atom stereocenters. The Labute approximate surface area is 112 Å². The Bertz CT molecular complexity index is 502. The summed E-state index contributed by atoms with van der Waals surface area (Å²) in [6.45, 7) is 0. The van der Waals surface area contributed by atoms with Gasteiger partial charge in [-0.3, -0.25) is 0 Å². The molecule has 1 aliphatic rings. The highest BCUT2D eigenvalue weighted by atomic mass is 32.1. The molecule has 2 nitrogen and oxygen atoms in total. The van der Waals surface area contributed by atoms with Crippen molar-refractivity contribution >= 4 is 11.3 Å². The predicted octanol–water partition coefficient (Wildman–Crippen LogP) is 3.65. The summed E-state index contributed by atoms with van der Waals surface area (Å²) in [6, 6.07) is 10.3. The lowest BCUT2D eigenvalue weighted by Crippen LogP contribution is -2.14. The van der Waals surface area contributed by atoms with Crippen LogP contribution in [0.1, 0.15) is 47.5 Å². The van der Waals surface area contributed by atoms with Crippen LogP contribution in [0.15, 0.2) is 35.7 Å². The lowest BCUT2D eigenvalue weighted by atomic mass is 9.86. The van der Waals surface area contributed by atoms with Gasteiger partial charge in [0, 0.05) is 23.8 Å². The maximum atomic E-state index is 6.22. The Morgan fingerprint density at radius 2 is 2.06 bits per heavy atom. The van der Waals surface area contributed by atoms with Crippen LogP contribution < -0.4 is 5.73 Å². The van der Waals surface area contributed by atoms with Gasteiger partial charge in [0.25, 0.3) is 0 Å². The molecule has 1 atom stereocenters. The van der Waals surface area contributed by atoms with Crippen molar-refractivity contribution in [2.24, 2.45) is 5.73 Å². The zero-order valence-corrected chi connectivity index (χ0v) is 11.2. The van der Waals surface area contributed by atoms with E-state index in [1.54, 1.807) is 11.3 Å². The van der Waals surface area contributed by atoms with E-state index in [1.807, 2.05) is 18.2 Å². The minimum absolute atomic E-state index is 0.0579. The van der Waals surface area contributed by atoms with Crippen LogP contribution in [0.5, 0.6) is 0 Å². The molecule has 18 heavy (non-hydrogen) atoms. The van der Waals surface area contributed by atoms with Gasteiger partial charge in [-0.25, -0.2) is 4.98 Å². The molecule has 1 aromatic carbocycles. The van der Waals surface area contributed by atoms with E-state index in [0.717, 1.165) is 18.0 Å². The molecule has 0 amide bonds. The van der Waals surface area contributed by atoms with Gasteiger partial charge in [-0.05, 0) is 18.4 Å². The number of nitrogens with two attached hydrogens (primary N) is 1. The topological polar surface area (TPSA) is 38.9 Å². The summed E-state index contributed by atoms with van der Waals surface area (Å²) in [4.78, 5) is 4.74. The molecule has 0 bridgehead atoms. The standard InChI is InChI=1S/C15H18N2S/c16-14(11-5-2-1-3-6-11)9-13-10-18-15(17-13)12-7-4-8-12/h1-3,5-6,10,12,14H,4,7-9,16H2. The Morgan fingerprint density at radius 3 is 2.72 bits per heavy atom. The van der Waals surface area contributed by atoms with Crippen molar-refractivity contribution in [2.75, 3.05) is 0 Å². The first-order valence-corrected chi connectivity index (χ1v) is 7.46. The van der Waals surface area contributed by atoms with Crippen molar-refractivity contribution in [3.8, 4) is 0 Å². The third kappa shape index (κ3) is 2.47. The fourth-order valence-corrected chi connectivity index (χ4v) is 3.31. The lowest BCUT2D eigenvalue weighted by molar-refractivity contribution is 0.417. The molecule has 2 N–H and O–H groups in total. The largest absolute Gasteiger partial charge is 0.324 e. The second-order valence-corrected chi connectivity index (χ2v) is 5.92. The summed E-state index contributed by atoms with van der Waals surface area (Å²) >= 11 is 1.80. The van der Waals surface area contributed by atoms with Crippen molar-refractivity contribution in [3.05, 3.63) is 52.0 Å². The first-order chi connectivity index (χ1) is 8.83. The summed E-state index contributed by atoms with van der Waals surface area (Å²) in [5.41, 5.74) is 8.57. The van der Waals surface area contributed by atoms with Crippen LogP contribution >= 0.6 is 11.3 Å². The molecule has 1 heterocycles. The minimum atomic E-state index is 0.0579. The van der Waals surface area contributed by atoms with Gasteiger partial charge in [0.2, 0.25) is 0 Å². The maximum absolute atomic E-state index is 6.22. The Hall–Kier alpha value is -1.19. The van der Waals surface area contributed by atoms with E-state index >= 15 is 0 Å². The molecule has 1 fully saturated rings. The highest BCUT2D eigenvalue weighted by Crippen LogP contribution is 2.38. The number of aromatic nitrogens is 1. The zero-order chi connectivity index (χ0) is 12.4. The van der Waals surface area contributed by atoms with Gasteiger partial charge in [0.15, 0.2) is 0 Å². The van der Waals surface area contributed by atoms with E-state index in [-0.39, 0.29) is 6.04 Å². The normalized spacial score (nSPS) is 17.4. The summed E-state index contributed by atoms with van der Waals surface area (Å²) in [6.07, 6.45) is 4.84. The van der Waals surface area contributed by atoms with Gasteiger partial charge in [0.05, 0.1) is 10.7 Å². The zero-order valence-electron chi connectivity index (χ0n) is 10.4. The van der Waals surface area contributed by atoms with Crippen LogP contribution in [0.3, 0.4) is 0 Å². The summed E-state index contributed by atoms with van der Waals surface area (Å²) < 4.78 is 0. The highest BCUT2D eigenvalue weighted by molar-refractivity contribution is 7.09. The molecule has 3 heteroatoms. The van der Waals surface area contributed by atoms with Crippen LogP contribution in [0, 0.1) is 0 Å². The quantitative estimate of drug-likeness (QED) is 0.909. The fraction of sp³-hybridized carbons (Fsp3) is 0.400. The van der Waals surface area contributed by atoms with Gasteiger partial charge in [-0.2, -0.15) is 0 Å². The van der Waals surface area contributed by atoms with Crippen LogP contribution in [0.2, 0.25) is 0 Å². The van der Waals surface area contributed by atoms with E-state index in [0.29, 0.717) is 0 Å². The summed E-state index contributed by atoms with van der Waals surface area (Å²) in [7, 11) is 0. The van der Waals surface area contributed by atoms with Crippen molar-refractivity contribution in [3.63, 3.8) is 0 Å². The van der Waals surface area contributed by atoms with Crippen molar-refractivity contribution in [2.45, 2.75) is 37.6 Å². The number of thiazole rings is 1. The average molecular weight is 258 g/mol. The molecule has 3 rings (SSSR count). The van der Waals surface area contributed by atoms with E-state index in [2.05, 4.69) is 17.5 Å². The van der Waals surface area contributed by atoms with Gasteiger partial charge < -0.3 is 5.73 Å². The smallest absolute Gasteiger partial charge is 0.0959 e. The molecule has 2 aromatic rings. The Morgan fingerprint density at radius 1 is 1.28 bits per heavy atom. The highest BCUT2D eigenvalue weighted by Gasteiger charge is 2.22. The minimum Gasteiger partial charge on any atom is -0.324 e. The summed E-state index contributed by atoms with van der Waals surface area (Å²) in [5.74, 6) is 0.733. The van der Waals surface area contributed by atoms with Crippen LogP contribution in [-0.4, -0.2) is 4.98 Å². The molecule has 1 saturated carbocycles. The third-order valence-corrected chi connectivity index (χ3v) is 4.74. The number of hydrogen-bond acceptors (Lipinski definition) is 3. The molecule has 94 valence electrons. The molecule has 0 radical (unpaired) electrons. The van der Waals surface area contributed by atoms with Gasteiger partial charge in [-0.1, -0.05) is 36.8 Å². The van der Waals surface area contributed by atoms with Gasteiger partial charge in [0.1, 0.15) is 0 Å². The number of nitrogens with zero attached hydrogens (tertiary/aromatic N) is 1. The second-order valence-electron chi connectivity index (χ2n) is 5.03. The average Bonchev–Trinajstić information content (AvgIpc) is 2.76. The molecule has 1 aromatic heterocycles. The summed E-state index contributed by atoms with van der Waals surface area (Å²) in [5, 5.41) is 3.49. The molecule has 0 spiro atoms. The van der Waals surface area contributed by atoms with Crippen LogP contribution in [0.4, 0.5) is 0 Å². The maximum Gasteiger partial charge on any atom is 0.0959 e. The fourth-order valence-electron chi connectivity index (χ4n) is 2.30. The first-order valence-electron chi connectivity index (χ1n) is 6.58. The van der Waals surface area contributed by atoms with Crippen molar-refractivity contribution < 1.29 is 0 Å². The molecule has 0 saturated heterocycles. The molecule has 0 aliphatic heterocycles. The van der Waals surface area contributed by atoms with E-state index in [9.17, 15) is 0 Å². The third-order valence-electron chi connectivity index (χ3n) is 3.68. The number of benzene rings is 1. The van der Waals surface area contributed by atoms with E-state index in [1.165, 1.54) is 29.8 Å². The van der Waals surface area contributed by atoms with Crippen molar-refractivity contribution in [1.82, 2.24) is 4.98 Å². The molecular weight excluding hydrogens is 240 g/mol. The van der Waals surface area contributed by atoms with Crippen LogP contribution in [-0.2, 0) is 6.42 Å². The van der Waals surface area contributed by atoms with Gasteiger partial charge >= 0.3 is 0 Å². The molecule has 1 aliphatic carbocycles. The van der Waals surface area contributed by atoms with E-state index in [4.69, 9.17) is 10.7 Å². The van der Waals surface area contributed by atoms with E-state index < -0.39 is 0 Å². The number of hydrogen-bond donors (Lipinski definition) is 1. The van der Waals surface area contributed by atoms with Gasteiger partial charge in [-0.15, -0.1) is 11.3 Å². The Balaban J connectivity index is 1.67. The molecular formula is C15H18N2S. The van der Waals surface area contributed by atoms with Crippen LogP contribution in [0.25, 0.3) is 0 Å². The SMILES string of the molecule is NC(Cc1csc(C2CCC2)n1)c1ccccc1. The lowest BCUT2D eigenvalue weighted by Gasteiger charge is -2.22. The predicted molar refractivity (Wildman–Crippen MR) is 75.8 cm³/mol. The first kappa shape index (κ1) is 11.9.